The fourth-order valence-electron chi connectivity index (χ4n) is 2.20. The van der Waals surface area contributed by atoms with Crippen molar-refractivity contribution in [2.75, 3.05) is 26.7 Å². The number of nitrogens with zero attached hydrogens (tertiary/aromatic N) is 1. The molecule has 1 unspecified atom stereocenters. The van der Waals surface area contributed by atoms with Gasteiger partial charge in [0.25, 0.3) is 0 Å². The summed E-state index contributed by atoms with van der Waals surface area (Å²) >= 11 is 0. The van der Waals surface area contributed by atoms with Crippen molar-refractivity contribution in [3.8, 4) is 5.75 Å². The Balaban J connectivity index is 2.33. The van der Waals surface area contributed by atoms with Gasteiger partial charge in [-0.2, -0.15) is 0 Å². The smallest absolute Gasteiger partial charge is 0.119 e. The second-order valence-electron chi connectivity index (χ2n) is 6.57. The highest BCUT2D eigenvalue weighted by Crippen LogP contribution is 2.15. The van der Waals surface area contributed by atoms with Crippen molar-refractivity contribution in [1.29, 1.82) is 0 Å². The average Bonchev–Trinajstić information content (AvgIpc) is 2.34. The molecule has 4 nitrogen and oxygen atoms in total. The molecule has 0 aliphatic carbocycles. The topological polar surface area (TPSA) is 58.7 Å². The van der Waals surface area contributed by atoms with Gasteiger partial charge in [-0.05, 0) is 30.2 Å². The van der Waals surface area contributed by atoms with Crippen LogP contribution in [0, 0.1) is 5.41 Å². The zero-order chi connectivity index (χ0) is 15.2. The van der Waals surface area contributed by atoms with E-state index in [2.05, 4.69) is 25.7 Å². The van der Waals surface area contributed by atoms with Gasteiger partial charge in [0.15, 0.2) is 0 Å². The zero-order valence-corrected chi connectivity index (χ0v) is 13.1. The lowest BCUT2D eigenvalue weighted by atomic mass is 9.96. The Kier molecular flexibility index (Phi) is 6.46. The summed E-state index contributed by atoms with van der Waals surface area (Å²) in [6, 6.07) is 7.64. The molecular weight excluding hydrogens is 252 g/mol. The number of nitrogens with two attached hydrogens (primary N) is 1. The van der Waals surface area contributed by atoms with Crippen LogP contribution in [0.5, 0.6) is 5.75 Å². The number of rotatable bonds is 7. The Hall–Kier alpha value is -1.10. The van der Waals surface area contributed by atoms with Crippen molar-refractivity contribution in [2.24, 2.45) is 11.1 Å². The van der Waals surface area contributed by atoms with E-state index >= 15 is 0 Å². The Labute approximate surface area is 122 Å². The monoisotopic (exact) mass is 280 g/mol. The molecule has 1 rings (SSSR count). The molecule has 0 fully saturated rings. The van der Waals surface area contributed by atoms with Gasteiger partial charge in [0.05, 0.1) is 0 Å². The minimum atomic E-state index is -0.489. The van der Waals surface area contributed by atoms with Crippen LogP contribution < -0.4 is 10.5 Å². The molecule has 1 aromatic carbocycles. The van der Waals surface area contributed by atoms with Gasteiger partial charge in [0.1, 0.15) is 18.5 Å². The van der Waals surface area contributed by atoms with Crippen molar-refractivity contribution < 1.29 is 9.84 Å². The van der Waals surface area contributed by atoms with Gasteiger partial charge in [0.2, 0.25) is 0 Å². The van der Waals surface area contributed by atoms with E-state index in [1.807, 2.05) is 31.3 Å². The molecule has 20 heavy (non-hydrogen) atoms. The predicted octanol–water partition coefficient (Wildman–Crippen LogP) is 1.86. The molecule has 4 heteroatoms. The number of likely N-dealkylation sites (N-methyl/N-ethyl adjacent to an activating group) is 1. The summed E-state index contributed by atoms with van der Waals surface area (Å²) in [5.41, 5.74) is 6.84. The summed E-state index contributed by atoms with van der Waals surface area (Å²) < 4.78 is 5.58. The highest BCUT2D eigenvalue weighted by atomic mass is 16.5. The molecule has 0 heterocycles. The Morgan fingerprint density at radius 2 is 1.85 bits per heavy atom. The Bertz CT molecular complexity index is 384. The summed E-state index contributed by atoms with van der Waals surface area (Å²) in [4.78, 5) is 2.13. The fraction of sp³-hybridized carbons (Fsp3) is 0.625. The maximum Gasteiger partial charge on any atom is 0.119 e. The number of aliphatic hydroxyl groups is 1. The summed E-state index contributed by atoms with van der Waals surface area (Å²) in [6.45, 7) is 8.94. The van der Waals surface area contributed by atoms with E-state index in [-0.39, 0.29) is 5.41 Å². The Morgan fingerprint density at radius 1 is 1.25 bits per heavy atom. The van der Waals surface area contributed by atoms with Crippen LogP contribution in [0.15, 0.2) is 24.3 Å². The molecule has 0 amide bonds. The van der Waals surface area contributed by atoms with E-state index in [4.69, 9.17) is 10.5 Å². The molecule has 0 bridgehead atoms. The van der Waals surface area contributed by atoms with Gasteiger partial charge in [0, 0.05) is 19.6 Å². The predicted molar refractivity (Wildman–Crippen MR) is 82.8 cm³/mol. The van der Waals surface area contributed by atoms with Crippen molar-refractivity contribution in [2.45, 2.75) is 33.4 Å². The molecule has 3 N–H and O–H groups in total. The first-order chi connectivity index (χ1) is 9.30. The van der Waals surface area contributed by atoms with Gasteiger partial charge in [-0.1, -0.05) is 32.9 Å². The third-order valence-electron chi connectivity index (χ3n) is 2.87. The molecular formula is C16H28N2O2. The highest BCUT2D eigenvalue weighted by molar-refractivity contribution is 5.27. The van der Waals surface area contributed by atoms with Crippen LogP contribution in [0.2, 0.25) is 0 Å². The van der Waals surface area contributed by atoms with Crippen LogP contribution in [-0.4, -0.2) is 42.9 Å². The fourth-order valence-corrected chi connectivity index (χ4v) is 2.20. The summed E-state index contributed by atoms with van der Waals surface area (Å²) in [7, 11) is 2.02. The van der Waals surface area contributed by atoms with E-state index in [0.29, 0.717) is 19.7 Å². The zero-order valence-electron chi connectivity index (χ0n) is 13.1. The van der Waals surface area contributed by atoms with Crippen LogP contribution in [0.1, 0.15) is 26.3 Å². The quantitative estimate of drug-likeness (QED) is 0.800. The number of hydrogen-bond donors (Lipinski definition) is 2. The van der Waals surface area contributed by atoms with E-state index in [1.165, 1.54) is 0 Å². The van der Waals surface area contributed by atoms with E-state index in [9.17, 15) is 5.11 Å². The molecule has 0 radical (unpaired) electrons. The maximum atomic E-state index is 9.99. The normalized spacial score (nSPS) is 13.6. The molecule has 0 aliphatic rings. The van der Waals surface area contributed by atoms with Gasteiger partial charge < -0.3 is 20.5 Å². The minimum absolute atomic E-state index is 0.230. The van der Waals surface area contributed by atoms with E-state index in [0.717, 1.165) is 17.9 Å². The van der Waals surface area contributed by atoms with Crippen molar-refractivity contribution in [1.82, 2.24) is 4.90 Å². The lowest BCUT2D eigenvalue weighted by molar-refractivity contribution is 0.0667. The van der Waals surface area contributed by atoms with Gasteiger partial charge in [-0.25, -0.2) is 0 Å². The molecule has 114 valence electrons. The lowest BCUT2D eigenvalue weighted by Crippen LogP contribution is -2.37. The summed E-state index contributed by atoms with van der Waals surface area (Å²) in [6.07, 6.45) is -0.489. The average molecular weight is 280 g/mol. The standard InChI is InChI=1S/C16H28N2O2/c1-16(2,3)12-18(4)10-14(19)11-20-15-7-5-13(9-17)6-8-15/h5-8,14,19H,9-12,17H2,1-4H3. The minimum Gasteiger partial charge on any atom is -0.491 e. The third-order valence-corrected chi connectivity index (χ3v) is 2.87. The van der Waals surface area contributed by atoms with E-state index in [1.54, 1.807) is 0 Å². The first kappa shape index (κ1) is 17.0. The van der Waals surface area contributed by atoms with Crippen LogP contribution in [0.25, 0.3) is 0 Å². The largest absolute Gasteiger partial charge is 0.491 e. The second kappa shape index (κ2) is 7.62. The second-order valence-corrected chi connectivity index (χ2v) is 6.57. The molecule has 0 saturated carbocycles. The van der Waals surface area contributed by atoms with Crippen LogP contribution >= 0.6 is 0 Å². The molecule has 0 aliphatic heterocycles. The maximum absolute atomic E-state index is 9.99. The van der Waals surface area contributed by atoms with E-state index < -0.39 is 6.10 Å². The lowest BCUT2D eigenvalue weighted by Gasteiger charge is -2.28. The molecule has 1 aromatic rings. The van der Waals surface area contributed by atoms with Gasteiger partial charge >= 0.3 is 0 Å². The van der Waals surface area contributed by atoms with Crippen LogP contribution in [0.3, 0.4) is 0 Å². The summed E-state index contributed by atoms with van der Waals surface area (Å²) in [5, 5.41) is 9.99. The van der Waals surface area contributed by atoms with Crippen molar-refractivity contribution in [3.63, 3.8) is 0 Å². The third kappa shape index (κ3) is 6.89. The molecule has 1 atom stereocenters. The number of benzene rings is 1. The van der Waals surface area contributed by atoms with Gasteiger partial charge in [-0.3, -0.25) is 0 Å². The first-order valence-corrected chi connectivity index (χ1v) is 7.08. The molecule has 0 saturated heterocycles. The molecule has 0 aromatic heterocycles. The van der Waals surface area contributed by atoms with Crippen molar-refractivity contribution in [3.05, 3.63) is 29.8 Å². The Morgan fingerprint density at radius 3 is 2.35 bits per heavy atom. The number of aliphatic hydroxyl groups excluding tert-OH is 1. The SMILES string of the molecule is CN(CC(O)COc1ccc(CN)cc1)CC(C)(C)C. The highest BCUT2D eigenvalue weighted by Gasteiger charge is 2.16. The van der Waals surface area contributed by atoms with Crippen LogP contribution in [0.4, 0.5) is 0 Å². The van der Waals surface area contributed by atoms with Crippen LogP contribution in [-0.2, 0) is 6.54 Å². The number of ether oxygens (including phenoxy) is 1. The number of hydrogen-bond acceptors (Lipinski definition) is 4. The first-order valence-electron chi connectivity index (χ1n) is 7.08. The van der Waals surface area contributed by atoms with Gasteiger partial charge in [-0.15, -0.1) is 0 Å². The summed E-state index contributed by atoms with van der Waals surface area (Å²) in [5.74, 6) is 0.764. The molecule has 0 spiro atoms. The van der Waals surface area contributed by atoms with Crippen molar-refractivity contribution >= 4 is 0 Å².